The van der Waals surface area contributed by atoms with Crippen LogP contribution in [0, 0.1) is 0 Å². The summed E-state index contributed by atoms with van der Waals surface area (Å²) in [5, 5.41) is 0. The number of fused-ring (bicyclic) bond motifs is 2. The van der Waals surface area contributed by atoms with Crippen molar-refractivity contribution in [3.63, 3.8) is 0 Å². The minimum atomic E-state index is 0.263. The molecule has 0 spiro atoms. The van der Waals surface area contributed by atoms with Gasteiger partial charge in [-0.15, -0.1) is 0 Å². The number of hydrogen-bond donors (Lipinski definition) is 1. The van der Waals surface area contributed by atoms with Crippen molar-refractivity contribution >= 4 is 11.2 Å². The van der Waals surface area contributed by atoms with Crippen LogP contribution in [0.4, 0.5) is 0 Å². The number of nitrogens with one attached hydrogen (secondary N) is 1. The lowest BCUT2D eigenvalue weighted by Crippen LogP contribution is -2.16. The summed E-state index contributed by atoms with van der Waals surface area (Å²) in [5.74, 6) is 2.20. The molecule has 0 bridgehead atoms. The minimum Gasteiger partial charge on any atom is -0.493 e. The van der Waals surface area contributed by atoms with Gasteiger partial charge in [0.2, 0.25) is 0 Å². The molecule has 4 nitrogen and oxygen atoms in total. The molecule has 1 aliphatic heterocycles. The third-order valence-corrected chi connectivity index (χ3v) is 3.56. The first kappa shape index (κ1) is 10.6. The molecule has 0 saturated carbocycles. The zero-order chi connectivity index (χ0) is 12.7. The second kappa shape index (κ2) is 4.09. The van der Waals surface area contributed by atoms with Crippen LogP contribution < -0.4 is 4.74 Å². The monoisotopic (exact) mass is 251 g/mol. The van der Waals surface area contributed by atoms with E-state index in [9.17, 15) is 0 Å². The summed E-state index contributed by atoms with van der Waals surface area (Å²) in [7, 11) is 0. The summed E-state index contributed by atoms with van der Waals surface area (Å²) in [6.07, 6.45) is 2.71. The van der Waals surface area contributed by atoms with Gasteiger partial charge in [-0.05, 0) is 24.6 Å². The van der Waals surface area contributed by atoms with E-state index >= 15 is 0 Å². The van der Waals surface area contributed by atoms with E-state index in [2.05, 4.69) is 21.0 Å². The smallest absolute Gasteiger partial charge is 0.177 e. The molecule has 2 aromatic heterocycles. The van der Waals surface area contributed by atoms with E-state index in [1.807, 2.05) is 30.3 Å². The number of pyridine rings is 1. The van der Waals surface area contributed by atoms with Crippen molar-refractivity contribution in [2.24, 2.45) is 0 Å². The molecule has 3 aromatic rings. The highest BCUT2D eigenvalue weighted by molar-refractivity contribution is 5.70. The number of ether oxygens (including phenoxy) is 1. The SMILES string of the molecule is c1ccc2c(c1)OCCC2c1nc2ncccc2[nH]1. The van der Waals surface area contributed by atoms with Crippen molar-refractivity contribution < 1.29 is 4.74 Å². The number of aromatic amines is 1. The third kappa shape index (κ3) is 1.68. The Labute approximate surface area is 110 Å². The molecule has 4 heteroatoms. The fourth-order valence-corrected chi connectivity index (χ4v) is 2.65. The van der Waals surface area contributed by atoms with Crippen LogP contribution in [0.3, 0.4) is 0 Å². The summed E-state index contributed by atoms with van der Waals surface area (Å²) in [6.45, 7) is 0.728. The minimum absolute atomic E-state index is 0.263. The number of imidazole rings is 1. The molecule has 0 radical (unpaired) electrons. The molecule has 1 aromatic carbocycles. The summed E-state index contributed by atoms with van der Waals surface area (Å²) >= 11 is 0. The topological polar surface area (TPSA) is 50.8 Å². The number of hydrogen-bond acceptors (Lipinski definition) is 3. The van der Waals surface area contributed by atoms with Crippen molar-refractivity contribution in [3.8, 4) is 5.75 Å². The highest BCUT2D eigenvalue weighted by Crippen LogP contribution is 2.36. The van der Waals surface area contributed by atoms with E-state index in [-0.39, 0.29) is 5.92 Å². The number of nitrogens with zero attached hydrogens (tertiary/aromatic N) is 2. The second-order valence-corrected chi connectivity index (χ2v) is 4.72. The molecular formula is C15H13N3O. The summed E-state index contributed by atoms with van der Waals surface area (Å²) in [4.78, 5) is 12.3. The number of H-pyrrole nitrogens is 1. The van der Waals surface area contributed by atoms with Gasteiger partial charge in [-0.3, -0.25) is 0 Å². The number of benzene rings is 1. The average Bonchev–Trinajstić information content (AvgIpc) is 2.90. The largest absolute Gasteiger partial charge is 0.493 e. The van der Waals surface area contributed by atoms with Crippen LogP contribution in [-0.2, 0) is 0 Å². The predicted octanol–water partition coefficient (Wildman–Crippen LogP) is 2.87. The van der Waals surface area contributed by atoms with Gasteiger partial charge in [-0.2, -0.15) is 0 Å². The van der Waals surface area contributed by atoms with Gasteiger partial charge in [-0.25, -0.2) is 9.97 Å². The molecule has 0 amide bonds. The first-order chi connectivity index (χ1) is 9.42. The number of aromatic nitrogens is 3. The molecule has 94 valence electrons. The van der Waals surface area contributed by atoms with E-state index in [1.54, 1.807) is 6.20 Å². The zero-order valence-electron chi connectivity index (χ0n) is 10.3. The lowest BCUT2D eigenvalue weighted by atomic mass is 9.92. The van der Waals surface area contributed by atoms with Gasteiger partial charge >= 0.3 is 0 Å². The maximum absolute atomic E-state index is 5.69. The summed E-state index contributed by atoms with van der Waals surface area (Å²) in [6, 6.07) is 12.1. The maximum Gasteiger partial charge on any atom is 0.177 e. The lowest BCUT2D eigenvalue weighted by molar-refractivity contribution is 0.275. The van der Waals surface area contributed by atoms with Crippen LogP contribution in [0.15, 0.2) is 42.6 Å². The van der Waals surface area contributed by atoms with Crippen LogP contribution in [0.5, 0.6) is 5.75 Å². The Kier molecular flexibility index (Phi) is 2.27. The first-order valence-corrected chi connectivity index (χ1v) is 6.44. The van der Waals surface area contributed by atoms with Crippen molar-refractivity contribution in [1.29, 1.82) is 0 Å². The molecule has 0 fully saturated rings. The highest BCUT2D eigenvalue weighted by atomic mass is 16.5. The molecule has 0 aliphatic carbocycles. The van der Waals surface area contributed by atoms with Crippen LogP contribution >= 0.6 is 0 Å². The number of para-hydroxylation sites is 1. The normalized spacial score (nSPS) is 18.0. The Balaban J connectivity index is 1.85. The number of rotatable bonds is 1. The fourth-order valence-electron chi connectivity index (χ4n) is 2.65. The van der Waals surface area contributed by atoms with Gasteiger partial charge in [0.25, 0.3) is 0 Å². The fraction of sp³-hybridized carbons (Fsp3) is 0.200. The van der Waals surface area contributed by atoms with Gasteiger partial charge in [0, 0.05) is 17.7 Å². The Bertz CT molecular complexity index is 702. The standard InChI is InChI=1S/C15H13N3O/c1-2-6-13-10(4-1)11(7-9-19-13)14-17-12-5-3-8-16-15(12)18-14/h1-6,8,11H,7,9H2,(H,16,17,18). The van der Waals surface area contributed by atoms with Gasteiger partial charge in [0.1, 0.15) is 11.6 Å². The van der Waals surface area contributed by atoms with Crippen molar-refractivity contribution in [3.05, 3.63) is 54.0 Å². The van der Waals surface area contributed by atoms with Crippen LogP contribution in [0.2, 0.25) is 0 Å². The summed E-state index contributed by atoms with van der Waals surface area (Å²) < 4.78 is 5.69. The van der Waals surface area contributed by atoms with Crippen molar-refractivity contribution in [2.75, 3.05) is 6.61 Å². The molecule has 1 aliphatic rings. The van der Waals surface area contributed by atoms with E-state index < -0.39 is 0 Å². The van der Waals surface area contributed by atoms with Crippen LogP contribution in [0.25, 0.3) is 11.2 Å². The van der Waals surface area contributed by atoms with Gasteiger partial charge in [-0.1, -0.05) is 18.2 Å². The Morgan fingerprint density at radius 3 is 3.05 bits per heavy atom. The average molecular weight is 251 g/mol. The predicted molar refractivity (Wildman–Crippen MR) is 72.3 cm³/mol. The molecule has 4 rings (SSSR count). The van der Waals surface area contributed by atoms with E-state index in [4.69, 9.17) is 4.74 Å². The van der Waals surface area contributed by atoms with E-state index in [1.165, 1.54) is 5.56 Å². The first-order valence-electron chi connectivity index (χ1n) is 6.44. The van der Waals surface area contributed by atoms with Crippen LogP contribution in [-0.4, -0.2) is 21.6 Å². The van der Waals surface area contributed by atoms with Gasteiger partial charge in [0.15, 0.2) is 5.65 Å². The Morgan fingerprint density at radius 1 is 1.16 bits per heavy atom. The quantitative estimate of drug-likeness (QED) is 0.723. The highest BCUT2D eigenvalue weighted by Gasteiger charge is 2.25. The molecule has 0 saturated heterocycles. The second-order valence-electron chi connectivity index (χ2n) is 4.72. The molecular weight excluding hydrogens is 238 g/mol. The van der Waals surface area contributed by atoms with Gasteiger partial charge in [0.05, 0.1) is 12.1 Å². The molecule has 1 unspecified atom stereocenters. The Hall–Kier alpha value is -2.36. The van der Waals surface area contributed by atoms with Gasteiger partial charge < -0.3 is 9.72 Å². The van der Waals surface area contributed by atoms with E-state index in [0.717, 1.165) is 35.8 Å². The lowest BCUT2D eigenvalue weighted by Gasteiger charge is -2.24. The van der Waals surface area contributed by atoms with E-state index in [0.29, 0.717) is 0 Å². The summed E-state index contributed by atoms with van der Waals surface area (Å²) in [5.41, 5.74) is 2.97. The van der Waals surface area contributed by atoms with Crippen LogP contribution in [0.1, 0.15) is 23.7 Å². The molecule has 1 N–H and O–H groups in total. The Morgan fingerprint density at radius 2 is 2.11 bits per heavy atom. The van der Waals surface area contributed by atoms with Crippen molar-refractivity contribution in [2.45, 2.75) is 12.3 Å². The molecule has 1 atom stereocenters. The third-order valence-electron chi connectivity index (χ3n) is 3.56. The van der Waals surface area contributed by atoms with Crippen molar-refractivity contribution in [1.82, 2.24) is 15.0 Å². The zero-order valence-corrected chi connectivity index (χ0v) is 10.3. The maximum atomic E-state index is 5.69. The molecule has 3 heterocycles. The molecule has 19 heavy (non-hydrogen) atoms.